The van der Waals surface area contributed by atoms with Gasteiger partial charge in [0.25, 0.3) is 0 Å². The van der Waals surface area contributed by atoms with Gasteiger partial charge in [0.1, 0.15) is 5.75 Å². The van der Waals surface area contributed by atoms with E-state index < -0.39 is 24.9 Å². The summed E-state index contributed by atoms with van der Waals surface area (Å²) >= 11 is 0. The molecule has 0 radical (unpaired) electrons. The van der Waals surface area contributed by atoms with Gasteiger partial charge in [-0.15, -0.1) is 0 Å². The number of benzene rings is 2. The van der Waals surface area contributed by atoms with Crippen LogP contribution in [0.25, 0.3) is 0 Å². The number of anilines is 1. The number of hydrogen-bond donors (Lipinski definition) is 1. The van der Waals surface area contributed by atoms with E-state index in [4.69, 9.17) is 0 Å². The van der Waals surface area contributed by atoms with Crippen LogP contribution < -0.4 is 4.90 Å². The quantitative estimate of drug-likeness (QED) is 0.631. The molecule has 1 N–H and O–H groups in total. The number of halogens is 4. The summed E-state index contributed by atoms with van der Waals surface area (Å²) in [6.07, 6.45) is 0. The molecular weight excluding hydrogens is 322 g/mol. The van der Waals surface area contributed by atoms with Gasteiger partial charge in [-0.1, -0.05) is 11.8 Å². The largest absolute Gasteiger partial charge is 0.508 e. The SMILES string of the molecule is Oc1ccc(C#Cc2ccc(N3CC(F)(F)C(F)(F)C3)cc2)cc1. The average molecular weight is 335 g/mol. The molecule has 0 aliphatic carbocycles. The summed E-state index contributed by atoms with van der Waals surface area (Å²) in [6, 6.07) is 12.5. The van der Waals surface area contributed by atoms with Gasteiger partial charge in [-0.2, -0.15) is 17.6 Å². The lowest BCUT2D eigenvalue weighted by Gasteiger charge is -2.16. The molecule has 1 saturated heterocycles. The van der Waals surface area contributed by atoms with Crippen LogP contribution in [-0.2, 0) is 0 Å². The maximum Gasteiger partial charge on any atom is 0.329 e. The molecule has 2 aromatic carbocycles. The van der Waals surface area contributed by atoms with Crippen molar-refractivity contribution in [2.45, 2.75) is 11.8 Å². The monoisotopic (exact) mass is 335 g/mol. The minimum Gasteiger partial charge on any atom is -0.508 e. The molecule has 2 nitrogen and oxygen atoms in total. The maximum absolute atomic E-state index is 13.2. The van der Waals surface area contributed by atoms with E-state index in [-0.39, 0.29) is 5.75 Å². The molecule has 24 heavy (non-hydrogen) atoms. The molecule has 0 bridgehead atoms. The lowest BCUT2D eigenvalue weighted by atomic mass is 10.1. The molecule has 0 aromatic heterocycles. The maximum atomic E-state index is 13.2. The van der Waals surface area contributed by atoms with E-state index in [0.717, 1.165) is 4.90 Å². The smallest absolute Gasteiger partial charge is 0.329 e. The van der Waals surface area contributed by atoms with Crippen LogP contribution in [-0.4, -0.2) is 30.0 Å². The molecule has 124 valence electrons. The van der Waals surface area contributed by atoms with Gasteiger partial charge in [-0.3, -0.25) is 0 Å². The highest BCUT2D eigenvalue weighted by Crippen LogP contribution is 2.42. The molecule has 1 aliphatic heterocycles. The fourth-order valence-corrected chi connectivity index (χ4v) is 2.39. The van der Waals surface area contributed by atoms with Crippen molar-refractivity contribution in [3.8, 4) is 17.6 Å². The van der Waals surface area contributed by atoms with E-state index in [1.165, 1.54) is 24.3 Å². The van der Waals surface area contributed by atoms with Gasteiger partial charge in [0.15, 0.2) is 0 Å². The van der Waals surface area contributed by atoms with Crippen LogP contribution in [0, 0.1) is 11.8 Å². The molecule has 0 unspecified atom stereocenters. The van der Waals surface area contributed by atoms with Crippen molar-refractivity contribution in [3.63, 3.8) is 0 Å². The highest BCUT2D eigenvalue weighted by Gasteiger charge is 2.62. The normalized spacial score (nSPS) is 18.1. The third kappa shape index (κ3) is 3.16. The first-order valence-electron chi connectivity index (χ1n) is 7.19. The van der Waals surface area contributed by atoms with Gasteiger partial charge in [-0.05, 0) is 48.5 Å². The van der Waals surface area contributed by atoms with E-state index in [1.54, 1.807) is 24.3 Å². The first-order valence-corrected chi connectivity index (χ1v) is 7.19. The lowest BCUT2D eigenvalue weighted by molar-refractivity contribution is -0.172. The van der Waals surface area contributed by atoms with Crippen LogP contribution in [0.2, 0.25) is 0 Å². The molecule has 1 fully saturated rings. The summed E-state index contributed by atoms with van der Waals surface area (Å²) in [5.41, 5.74) is 1.64. The van der Waals surface area contributed by atoms with E-state index in [1.807, 2.05) is 0 Å². The summed E-state index contributed by atoms with van der Waals surface area (Å²) < 4.78 is 53.0. The van der Waals surface area contributed by atoms with Gasteiger partial charge in [-0.25, -0.2) is 0 Å². The second kappa shape index (κ2) is 5.75. The zero-order valence-electron chi connectivity index (χ0n) is 12.4. The van der Waals surface area contributed by atoms with Gasteiger partial charge < -0.3 is 10.0 Å². The molecule has 1 heterocycles. The molecule has 0 spiro atoms. The van der Waals surface area contributed by atoms with Crippen molar-refractivity contribution in [2.24, 2.45) is 0 Å². The zero-order valence-corrected chi connectivity index (χ0v) is 12.4. The second-order valence-electron chi connectivity index (χ2n) is 5.61. The molecule has 3 rings (SSSR count). The van der Waals surface area contributed by atoms with E-state index >= 15 is 0 Å². The van der Waals surface area contributed by atoms with Crippen molar-refractivity contribution in [3.05, 3.63) is 59.7 Å². The third-order valence-electron chi connectivity index (χ3n) is 3.76. The third-order valence-corrected chi connectivity index (χ3v) is 3.76. The number of nitrogens with zero attached hydrogens (tertiary/aromatic N) is 1. The Morgan fingerprint density at radius 2 is 1.17 bits per heavy atom. The van der Waals surface area contributed by atoms with E-state index in [0.29, 0.717) is 16.8 Å². The Labute approximate surface area is 136 Å². The fourth-order valence-electron chi connectivity index (χ4n) is 2.39. The predicted molar refractivity (Wildman–Crippen MR) is 82.6 cm³/mol. The first-order chi connectivity index (χ1) is 11.3. The summed E-state index contributed by atoms with van der Waals surface area (Å²) in [4.78, 5) is 0.969. The lowest BCUT2D eigenvalue weighted by Crippen LogP contribution is -2.38. The van der Waals surface area contributed by atoms with Crippen molar-refractivity contribution < 1.29 is 22.7 Å². The molecule has 1 aliphatic rings. The Morgan fingerprint density at radius 3 is 1.62 bits per heavy atom. The second-order valence-corrected chi connectivity index (χ2v) is 5.61. The number of phenolic OH excluding ortho intramolecular Hbond substituents is 1. The van der Waals surface area contributed by atoms with Crippen molar-refractivity contribution in [1.29, 1.82) is 0 Å². The number of alkyl halides is 4. The minimum atomic E-state index is -4.02. The van der Waals surface area contributed by atoms with Crippen LogP contribution >= 0.6 is 0 Å². The van der Waals surface area contributed by atoms with E-state index in [2.05, 4.69) is 11.8 Å². The Balaban J connectivity index is 1.74. The first kappa shape index (κ1) is 16.2. The fraction of sp³-hybridized carbons (Fsp3) is 0.222. The van der Waals surface area contributed by atoms with Gasteiger partial charge in [0.2, 0.25) is 0 Å². The van der Waals surface area contributed by atoms with Crippen LogP contribution in [0.4, 0.5) is 23.2 Å². The molecule has 0 saturated carbocycles. The van der Waals surface area contributed by atoms with Gasteiger partial charge in [0, 0.05) is 16.8 Å². The Bertz CT molecular complexity index is 773. The molecule has 0 amide bonds. The number of hydrogen-bond acceptors (Lipinski definition) is 2. The van der Waals surface area contributed by atoms with Crippen LogP contribution in [0.1, 0.15) is 11.1 Å². The Hall–Kier alpha value is -2.68. The van der Waals surface area contributed by atoms with Crippen LogP contribution in [0.15, 0.2) is 48.5 Å². The van der Waals surface area contributed by atoms with Crippen LogP contribution in [0.3, 0.4) is 0 Å². The van der Waals surface area contributed by atoms with Crippen molar-refractivity contribution >= 4 is 5.69 Å². The standard InChI is InChI=1S/C18H13F4NO/c19-17(20)11-23(12-18(17,21)22)15-7-3-13(4-8-15)1-2-14-5-9-16(24)10-6-14/h3-10,24H,11-12H2. The Morgan fingerprint density at radius 1 is 0.750 bits per heavy atom. The number of phenols is 1. The molecule has 0 atom stereocenters. The van der Waals surface area contributed by atoms with E-state index in [9.17, 15) is 22.7 Å². The van der Waals surface area contributed by atoms with Crippen LogP contribution in [0.5, 0.6) is 5.75 Å². The van der Waals surface area contributed by atoms with Gasteiger partial charge in [0.05, 0.1) is 13.1 Å². The number of aromatic hydroxyl groups is 1. The summed E-state index contributed by atoms with van der Waals surface area (Å²) in [7, 11) is 0. The molecule has 2 aromatic rings. The molecular formula is C18H13F4NO. The summed E-state index contributed by atoms with van der Waals surface area (Å²) in [5, 5.41) is 9.19. The Kier molecular flexibility index (Phi) is 3.88. The topological polar surface area (TPSA) is 23.5 Å². The molecule has 6 heteroatoms. The average Bonchev–Trinajstić information content (AvgIpc) is 2.75. The van der Waals surface area contributed by atoms with Crippen molar-refractivity contribution in [2.75, 3.05) is 18.0 Å². The highest BCUT2D eigenvalue weighted by atomic mass is 19.3. The van der Waals surface area contributed by atoms with Gasteiger partial charge >= 0.3 is 11.8 Å². The van der Waals surface area contributed by atoms with Crippen molar-refractivity contribution in [1.82, 2.24) is 0 Å². The predicted octanol–water partition coefficient (Wildman–Crippen LogP) is 3.88. The minimum absolute atomic E-state index is 0.143. The number of rotatable bonds is 1. The zero-order chi connectivity index (χ0) is 17.4. The summed E-state index contributed by atoms with van der Waals surface area (Å²) in [6.45, 7) is -2.00. The highest BCUT2D eigenvalue weighted by molar-refractivity contribution is 5.53. The summed E-state index contributed by atoms with van der Waals surface area (Å²) in [5.74, 6) is -2.13.